The van der Waals surface area contributed by atoms with E-state index in [1.54, 1.807) is 6.07 Å². The second-order valence-corrected chi connectivity index (χ2v) is 6.82. The quantitative estimate of drug-likeness (QED) is 0.859. The zero-order valence-corrected chi connectivity index (χ0v) is 13.6. The van der Waals surface area contributed by atoms with Gasteiger partial charge >= 0.3 is 6.09 Å². The SMILES string of the molecule is CC1(C)Cc2cc(-c3cccc(C(F)F)c3)ccc2C1OC(N)=O. The number of nitrogens with two attached hydrogens (primary N) is 1. The number of ether oxygens (including phenoxy) is 1. The summed E-state index contributed by atoms with van der Waals surface area (Å²) in [6.07, 6.45) is -2.96. The van der Waals surface area contributed by atoms with Gasteiger partial charge in [-0.3, -0.25) is 0 Å². The number of rotatable bonds is 3. The Labute approximate surface area is 139 Å². The Balaban J connectivity index is 1.99. The summed E-state index contributed by atoms with van der Waals surface area (Å²) < 4.78 is 31.1. The first-order valence-electron chi connectivity index (χ1n) is 7.75. The second-order valence-electron chi connectivity index (χ2n) is 6.82. The molecule has 1 unspecified atom stereocenters. The molecule has 0 spiro atoms. The van der Waals surface area contributed by atoms with Crippen molar-refractivity contribution in [3.63, 3.8) is 0 Å². The van der Waals surface area contributed by atoms with E-state index in [0.717, 1.165) is 28.7 Å². The molecule has 1 aliphatic carbocycles. The third kappa shape index (κ3) is 2.98. The molecule has 0 fully saturated rings. The summed E-state index contributed by atoms with van der Waals surface area (Å²) in [5.41, 5.74) is 8.51. The van der Waals surface area contributed by atoms with E-state index in [2.05, 4.69) is 0 Å². The van der Waals surface area contributed by atoms with E-state index >= 15 is 0 Å². The third-order valence-electron chi connectivity index (χ3n) is 4.49. The van der Waals surface area contributed by atoms with Crippen LogP contribution < -0.4 is 5.73 Å². The highest BCUT2D eigenvalue weighted by atomic mass is 19.3. The molecule has 2 N–H and O–H groups in total. The van der Waals surface area contributed by atoms with Crippen molar-refractivity contribution in [2.75, 3.05) is 0 Å². The summed E-state index contributed by atoms with van der Waals surface area (Å²) in [5.74, 6) is 0. The molecule has 0 heterocycles. The predicted molar refractivity (Wildman–Crippen MR) is 87.7 cm³/mol. The fourth-order valence-electron chi connectivity index (χ4n) is 3.39. The zero-order valence-electron chi connectivity index (χ0n) is 13.6. The summed E-state index contributed by atoms with van der Waals surface area (Å²) >= 11 is 0. The van der Waals surface area contributed by atoms with E-state index in [1.165, 1.54) is 12.1 Å². The summed E-state index contributed by atoms with van der Waals surface area (Å²) in [7, 11) is 0. The van der Waals surface area contributed by atoms with E-state index in [4.69, 9.17) is 10.5 Å². The van der Waals surface area contributed by atoms with Crippen molar-refractivity contribution < 1.29 is 18.3 Å². The standard InChI is InChI=1S/C19H19F2NO2/c1-19(2)10-14-9-12(6-7-15(14)16(19)24-18(22)23)11-4-3-5-13(8-11)17(20)21/h3-9,16-17H,10H2,1-2H3,(H2,22,23). The van der Waals surface area contributed by atoms with Crippen LogP contribution in [-0.4, -0.2) is 6.09 Å². The molecule has 3 nitrogen and oxygen atoms in total. The topological polar surface area (TPSA) is 52.3 Å². The number of alkyl halides is 2. The Morgan fingerprint density at radius 3 is 2.58 bits per heavy atom. The first-order valence-corrected chi connectivity index (χ1v) is 7.75. The molecule has 0 radical (unpaired) electrons. The lowest BCUT2D eigenvalue weighted by molar-refractivity contribution is 0.0392. The van der Waals surface area contributed by atoms with Crippen molar-refractivity contribution in [3.05, 3.63) is 59.2 Å². The van der Waals surface area contributed by atoms with Gasteiger partial charge in [0, 0.05) is 11.0 Å². The van der Waals surface area contributed by atoms with Gasteiger partial charge in [0.25, 0.3) is 6.43 Å². The van der Waals surface area contributed by atoms with Crippen LogP contribution in [0.5, 0.6) is 0 Å². The molecule has 0 saturated heterocycles. The first-order chi connectivity index (χ1) is 11.3. The van der Waals surface area contributed by atoms with Gasteiger partial charge in [0.15, 0.2) is 0 Å². The number of primary amides is 1. The van der Waals surface area contributed by atoms with Crippen LogP contribution in [0.1, 0.15) is 43.1 Å². The van der Waals surface area contributed by atoms with Gasteiger partial charge in [-0.05, 0) is 34.7 Å². The molecule has 126 valence electrons. The highest BCUT2D eigenvalue weighted by Gasteiger charge is 2.41. The molecular formula is C19H19F2NO2. The minimum atomic E-state index is -2.49. The number of benzene rings is 2. The van der Waals surface area contributed by atoms with E-state index in [-0.39, 0.29) is 11.0 Å². The fourth-order valence-corrected chi connectivity index (χ4v) is 3.39. The molecule has 1 atom stereocenters. The van der Waals surface area contributed by atoms with Crippen molar-refractivity contribution in [2.45, 2.75) is 32.8 Å². The monoisotopic (exact) mass is 331 g/mol. The molecule has 0 bridgehead atoms. The van der Waals surface area contributed by atoms with Crippen LogP contribution in [0.25, 0.3) is 11.1 Å². The number of halogens is 2. The predicted octanol–water partition coefficient (Wildman–Crippen LogP) is 5.01. The van der Waals surface area contributed by atoms with E-state index in [1.807, 2.05) is 38.1 Å². The van der Waals surface area contributed by atoms with Crippen LogP contribution in [0.3, 0.4) is 0 Å². The van der Waals surface area contributed by atoms with Crippen LogP contribution in [0.4, 0.5) is 13.6 Å². The Morgan fingerprint density at radius 1 is 1.21 bits per heavy atom. The van der Waals surface area contributed by atoms with Crippen molar-refractivity contribution in [3.8, 4) is 11.1 Å². The normalized spacial score (nSPS) is 18.5. The van der Waals surface area contributed by atoms with Gasteiger partial charge in [-0.15, -0.1) is 0 Å². The minimum Gasteiger partial charge on any atom is -0.441 e. The molecule has 5 heteroatoms. The lowest BCUT2D eigenvalue weighted by Gasteiger charge is -2.26. The Hall–Kier alpha value is -2.43. The van der Waals surface area contributed by atoms with Crippen molar-refractivity contribution in [1.82, 2.24) is 0 Å². The lowest BCUT2D eigenvalue weighted by Crippen LogP contribution is -2.25. The number of hydrogen-bond donors (Lipinski definition) is 1. The summed E-state index contributed by atoms with van der Waals surface area (Å²) in [6.45, 7) is 4.02. The summed E-state index contributed by atoms with van der Waals surface area (Å²) in [6, 6.07) is 12.1. The van der Waals surface area contributed by atoms with Crippen LogP contribution in [0.2, 0.25) is 0 Å². The van der Waals surface area contributed by atoms with Gasteiger partial charge in [-0.1, -0.05) is 50.2 Å². The zero-order chi connectivity index (χ0) is 17.5. The number of amides is 1. The van der Waals surface area contributed by atoms with Crippen LogP contribution >= 0.6 is 0 Å². The molecule has 0 saturated carbocycles. The van der Waals surface area contributed by atoms with Gasteiger partial charge in [0.1, 0.15) is 6.10 Å². The summed E-state index contributed by atoms with van der Waals surface area (Å²) in [4.78, 5) is 11.2. The minimum absolute atomic E-state index is 0.00302. The maximum Gasteiger partial charge on any atom is 0.405 e. The molecule has 2 aromatic carbocycles. The first kappa shape index (κ1) is 16.4. The van der Waals surface area contributed by atoms with Crippen LogP contribution in [0, 0.1) is 5.41 Å². The highest BCUT2D eigenvalue weighted by molar-refractivity contribution is 5.68. The largest absolute Gasteiger partial charge is 0.441 e. The van der Waals surface area contributed by atoms with Gasteiger partial charge in [0.2, 0.25) is 0 Å². The van der Waals surface area contributed by atoms with Gasteiger partial charge in [-0.2, -0.15) is 0 Å². The fraction of sp³-hybridized carbons (Fsp3) is 0.316. The number of carbonyl (C=O) groups excluding carboxylic acids is 1. The smallest absolute Gasteiger partial charge is 0.405 e. The molecular weight excluding hydrogens is 312 g/mol. The molecule has 1 amide bonds. The van der Waals surface area contributed by atoms with Crippen LogP contribution in [-0.2, 0) is 11.2 Å². The lowest BCUT2D eigenvalue weighted by atomic mass is 9.87. The highest BCUT2D eigenvalue weighted by Crippen LogP contribution is 2.48. The maximum atomic E-state index is 12.9. The average Bonchev–Trinajstić information content (AvgIpc) is 2.76. The van der Waals surface area contributed by atoms with Gasteiger partial charge in [0.05, 0.1) is 0 Å². The molecule has 0 aliphatic heterocycles. The van der Waals surface area contributed by atoms with Gasteiger partial charge < -0.3 is 10.5 Å². The molecule has 24 heavy (non-hydrogen) atoms. The number of fused-ring (bicyclic) bond motifs is 1. The average molecular weight is 331 g/mol. The molecule has 0 aromatic heterocycles. The number of hydrogen-bond acceptors (Lipinski definition) is 2. The van der Waals surface area contributed by atoms with E-state index < -0.39 is 18.6 Å². The van der Waals surface area contributed by atoms with Crippen LogP contribution in [0.15, 0.2) is 42.5 Å². The number of carbonyl (C=O) groups is 1. The Bertz CT molecular complexity index is 787. The van der Waals surface area contributed by atoms with E-state index in [0.29, 0.717) is 0 Å². The summed E-state index contributed by atoms with van der Waals surface area (Å²) in [5, 5.41) is 0. The van der Waals surface area contributed by atoms with Crippen molar-refractivity contribution in [1.29, 1.82) is 0 Å². The Kier molecular flexibility index (Phi) is 4.03. The molecule has 1 aliphatic rings. The van der Waals surface area contributed by atoms with E-state index in [9.17, 15) is 13.6 Å². The Morgan fingerprint density at radius 2 is 1.92 bits per heavy atom. The van der Waals surface area contributed by atoms with Crippen molar-refractivity contribution >= 4 is 6.09 Å². The third-order valence-corrected chi connectivity index (χ3v) is 4.49. The molecule has 2 aromatic rings. The van der Waals surface area contributed by atoms with Crippen molar-refractivity contribution in [2.24, 2.45) is 11.1 Å². The maximum absolute atomic E-state index is 12.9. The molecule has 3 rings (SSSR count). The second kappa shape index (κ2) is 5.89. The van der Waals surface area contributed by atoms with Gasteiger partial charge in [-0.25, -0.2) is 13.6 Å².